The van der Waals surface area contributed by atoms with Crippen molar-refractivity contribution in [2.75, 3.05) is 37.6 Å². The molecule has 0 radical (unpaired) electrons. The monoisotopic (exact) mass is 361 g/mol. The van der Waals surface area contributed by atoms with Gasteiger partial charge < -0.3 is 15.0 Å². The fraction of sp³-hybridized carbons (Fsp3) is 0.737. The third-order valence-electron chi connectivity index (χ3n) is 5.00. The number of nitrogens with zero attached hydrogens (tertiary/aromatic N) is 4. The van der Waals surface area contributed by atoms with Crippen LogP contribution in [0, 0.1) is 0 Å². The number of aromatic nitrogens is 2. The first-order valence-electron chi connectivity index (χ1n) is 9.86. The molecule has 2 heterocycles. The average molecular weight is 361 g/mol. The third-order valence-corrected chi connectivity index (χ3v) is 5.00. The van der Waals surface area contributed by atoms with E-state index >= 15 is 0 Å². The predicted octanol–water partition coefficient (Wildman–Crippen LogP) is 1.83. The van der Waals surface area contributed by atoms with E-state index in [9.17, 15) is 4.79 Å². The molecule has 1 saturated carbocycles. The van der Waals surface area contributed by atoms with E-state index in [1.165, 1.54) is 19.3 Å². The average Bonchev–Trinajstić information content (AvgIpc) is 2.63. The second kappa shape index (κ2) is 9.16. The zero-order chi connectivity index (χ0) is 18.4. The summed E-state index contributed by atoms with van der Waals surface area (Å²) in [5.41, 5.74) is 0. The van der Waals surface area contributed by atoms with Gasteiger partial charge in [0.05, 0.1) is 12.6 Å². The van der Waals surface area contributed by atoms with Gasteiger partial charge in [-0.2, -0.15) is 0 Å². The normalized spacial score (nSPS) is 19.6. The lowest BCUT2D eigenvalue weighted by Gasteiger charge is -2.35. The number of nitrogens with one attached hydrogen (secondary N) is 1. The highest BCUT2D eigenvalue weighted by Gasteiger charge is 2.24. The van der Waals surface area contributed by atoms with Gasteiger partial charge in [0.15, 0.2) is 5.82 Å². The fourth-order valence-electron chi connectivity index (χ4n) is 3.68. The van der Waals surface area contributed by atoms with Gasteiger partial charge in [-0.15, -0.1) is 0 Å². The zero-order valence-corrected chi connectivity index (χ0v) is 16.0. The molecule has 0 atom stereocenters. The first-order chi connectivity index (χ1) is 12.6. The Bertz CT molecular complexity index is 581. The number of hydrogen-bond donors (Lipinski definition) is 1. The Morgan fingerprint density at radius 2 is 1.85 bits per heavy atom. The molecule has 1 amide bonds. The van der Waals surface area contributed by atoms with Crippen molar-refractivity contribution in [1.29, 1.82) is 0 Å². The summed E-state index contributed by atoms with van der Waals surface area (Å²) in [7, 11) is 0. The van der Waals surface area contributed by atoms with Gasteiger partial charge in [-0.05, 0) is 26.7 Å². The Hall–Kier alpha value is -1.89. The van der Waals surface area contributed by atoms with Gasteiger partial charge in [0.1, 0.15) is 0 Å². The number of anilines is 1. The van der Waals surface area contributed by atoms with Gasteiger partial charge in [-0.25, -0.2) is 9.97 Å². The molecule has 144 valence electrons. The van der Waals surface area contributed by atoms with Crippen molar-refractivity contribution in [3.8, 4) is 5.88 Å². The number of ether oxygens (including phenoxy) is 1. The minimum atomic E-state index is 0.0650. The molecule has 2 aliphatic rings. The lowest BCUT2D eigenvalue weighted by molar-refractivity contribution is -0.123. The molecule has 1 aliphatic heterocycles. The van der Waals surface area contributed by atoms with Crippen molar-refractivity contribution < 1.29 is 9.53 Å². The summed E-state index contributed by atoms with van der Waals surface area (Å²) in [5.74, 6) is 1.55. The van der Waals surface area contributed by atoms with Crippen LogP contribution in [0.2, 0.25) is 0 Å². The molecular formula is C19H31N5O2. The molecule has 0 unspecified atom stereocenters. The smallest absolute Gasteiger partial charge is 0.257 e. The molecule has 0 bridgehead atoms. The third kappa shape index (κ3) is 5.30. The van der Waals surface area contributed by atoms with Gasteiger partial charge >= 0.3 is 0 Å². The van der Waals surface area contributed by atoms with Crippen molar-refractivity contribution >= 4 is 11.7 Å². The Kier molecular flexibility index (Phi) is 6.66. The first-order valence-corrected chi connectivity index (χ1v) is 9.86. The number of amides is 1. The largest absolute Gasteiger partial charge is 0.472 e. The lowest BCUT2D eigenvalue weighted by atomic mass is 9.95. The Labute approximate surface area is 156 Å². The molecule has 7 heteroatoms. The fourth-order valence-corrected chi connectivity index (χ4v) is 3.68. The van der Waals surface area contributed by atoms with E-state index in [4.69, 9.17) is 4.74 Å². The van der Waals surface area contributed by atoms with Gasteiger partial charge in [-0.3, -0.25) is 9.69 Å². The highest BCUT2D eigenvalue weighted by Crippen LogP contribution is 2.24. The zero-order valence-electron chi connectivity index (χ0n) is 16.0. The molecule has 1 aliphatic carbocycles. The molecule has 26 heavy (non-hydrogen) atoms. The van der Waals surface area contributed by atoms with E-state index in [0.29, 0.717) is 18.5 Å². The lowest BCUT2D eigenvalue weighted by Crippen LogP contribution is -2.51. The number of hydrogen-bond acceptors (Lipinski definition) is 6. The maximum absolute atomic E-state index is 12.3. The predicted molar refractivity (Wildman–Crippen MR) is 101 cm³/mol. The number of rotatable bonds is 6. The van der Waals surface area contributed by atoms with Crippen LogP contribution in [0.4, 0.5) is 5.82 Å². The maximum atomic E-state index is 12.3. The summed E-state index contributed by atoms with van der Waals surface area (Å²) >= 11 is 0. The maximum Gasteiger partial charge on any atom is 0.257 e. The van der Waals surface area contributed by atoms with E-state index in [2.05, 4.69) is 25.1 Å². The van der Waals surface area contributed by atoms with E-state index in [1.54, 1.807) is 12.4 Å². The SMILES string of the molecule is CC(C)Oc1nccnc1N1CCN(CC(=O)NC2CCCCC2)CC1. The van der Waals surface area contributed by atoms with Crippen molar-refractivity contribution in [3.05, 3.63) is 12.4 Å². The first kappa shape index (κ1) is 18.9. The number of carbonyl (C=O) groups excluding carboxylic acids is 1. The highest BCUT2D eigenvalue weighted by molar-refractivity contribution is 5.78. The summed E-state index contributed by atoms with van der Waals surface area (Å²) < 4.78 is 5.78. The number of piperazine rings is 1. The molecule has 1 saturated heterocycles. The van der Waals surface area contributed by atoms with Crippen LogP contribution in [-0.2, 0) is 4.79 Å². The van der Waals surface area contributed by atoms with E-state index in [1.807, 2.05) is 13.8 Å². The van der Waals surface area contributed by atoms with Crippen LogP contribution in [-0.4, -0.2) is 65.6 Å². The topological polar surface area (TPSA) is 70.6 Å². The molecule has 1 aromatic heterocycles. The van der Waals surface area contributed by atoms with Gasteiger partial charge in [0, 0.05) is 44.6 Å². The van der Waals surface area contributed by atoms with Crippen LogP contribution in [0.3, 0.4) is 0 Å². The van der Waals surface area contributed by atoms with Gasteiger partial charge in [-0.1, -0.05) is 19.3 Å². The second-order valence-electron chi connectivity index (χ2n) is 7.52. The molecule has 0 aromatic carbocycles. The summed E-state index contributed by atoms with van der Waals surface area (Å²) in [5, 5.41) is 3.20. The van der Waals surface area contributed by atoms with Gasteiger partial charge in [0.25, 0.3) is 5.88 Å². The quantitative estimate of drug-likeness (QED) is 0.834. The molecular weight excluding hydrogens is 330 g/mol. The minimum Gasteiger partial charge on any atom is -0.472 e. The molecule has 3 rings (SSSR count). The highest BCUT2D eigenvalue weighted by atomic mass is 16.5. The van der Waals surface area contributed by atoms with Crippen molar-refractivity contribution in [2.24, 2.45) is 0 Å². The Morgan fingerprint density at radius 3 is 2.54 bits per heavy atom. The second-order valence-corrected chi connectivity index (χ2v) is 7.52. The van der Waals surface area contributed by atoms with E-state index < -0.39 is 0 Å². The molecule has 7 nitrogen and oxygen atoms in total. The van der Waals surface area contributed by atoms with E-state index in [-0.39, 0.29) is 12.0 Å². The van der Waals surface area contributed by atoms with Crippen LogP contribution in [0.15, 0.2) is 12.4 Å². The standard InChI is InChI=1S/C19H31N5O2/c1-15(2)26-19-18(20-8-9-21-19)24-12-10-23(11-13-24)14-17(25)22-16-6-4-3-5-7-16/h8-9,15-16H,3-7,10-14H2,1-2H3,(H,22,25). The molecule has 0 spiro atoms. The summed E-state index contributed by atoms with van der Waals surface area (Å²) in [4.78, 5) is 25.5. The summed E-state index contributed by atoms with van der Waals surface area (Å²) in [6.45, 7) is 7.79. The summed E-state index contributed by atoms with van der Waals surface area (Å²) in [6.07, 6.45) is 9.47. The molecule has 1 N–H and O–H groups in total. The Balaban J connectivity index is 1.47. The van der Waals surface area contributed by atoms with Crippen molar-refractivity contribution in [1.82, 2.24) is 20.2 Å². The molecule has 1 aromatic rings. The summed E-state index contributed by atoms with van der Waals surface area (Å²) in [6, 6.07) is 0.382. The van der Waals surface area contributed by atoms with E-state index in [0.717, 1.165) is 44.8 Å². The van der Waals surface area contributed by atoms with Crippen molar-refractivity contribution in [3.63, 3.8) is 0 Å². The van der Waals surface area contributed by atoms with Crippen LogP contribution in [0.1, 0.15) is 46.0 Å². The Morgan fingerprint density at radius 1 is 1.15 bits per heavy atom. The van der Waals surface area contributed by atoms with Gasteiger partial charge in [0.2, 0.25) is 5.91 Å². The van der Waals surface area contributed by atoms with Crippen LogP contribution >= 0.6 is 0 Å². The van der Waals surface area contributed by atoms with Crippen LogP contribution in [0.25, 0.3) is 0 Å². The molecule has 2 fully saturated rings. The number of carbonyl (C=O) groups is 1. The minimum absolute atomic E-state index is 0.0650. The van der Waals surface area contributed by atoms with Crippen molar-refractivity contribution in [2.45, 2.75) is 58.1 Å². The van der Waals surface area contributed by atoms with Crippen LogP contribution < -0.4 is 15.0 Å². The van der Waals surface area contributed by atoms with Crippen LogP contribution in [0.5, 0.6) is 5.88 Å².